The average molecular weight is 455 g/mol. The van der Waals surface area contributed by atoms with Crippen LogP contribution in [0.25, 0.3) is 0 Å². The van der Waals surface area contributed by atoms with Gasteiger partial charge in [-0.25, -0.2) is 19.0 Å². The largest absolute Gasteiger partial charge is 0.373 e. The van der Waals surface area contributed by atoms with Gasteiger partial charge in [0.1, 0.15) is 11.6 Å². The molecule has 2 atom stereocenters. The van der Waals surface area contributed by atoms with Gasteiger partial charge in [0.05, 0.1) is 23.6 Å². The Kier molecular flexibility index (Phi) is 6.40. The van der Waals surface area contributed by atoms with E-state index < -0.39 is 11.8 Å². The fourth-order valence-electron chi connectivity index (χ4n) is 4.66. The molecule has 2 aliphatic rings. The van der Waals surface area contributed by atoms with E-state index in [-0.39, 0.29) is 17.8 Å². The summed E-state index contributed by atoms with van der Waals surface area (Å²) < 4.78 is 14.7. The second-order valence-electron chi connectivity index (χ2n) is 8.96. The first-order valence-electron chi connectivity index (χ1n) is 11.4. The van der Waals surface area contributed by atoms with Crippen LogP contribution in [0.1, 0.15) is 43.7 Å². The summed E-state index contributed by atoms with van der Waals surface area (Å²) in [6.45, 7) is 4.17. The van der Waals surface area contributed by atoms with Gasteiger partial charge in [-0.15, -0.1) is 0 Å². The van der Waals surface area contributed by atoms with Crippen LogP contribution in [-0.2, 0) is 6.54 Å². The number of pyridine rings is 1. The van der Waals surface area contributed by atoms with Gasteiger partial charge >= 0.3 is 12.1 Å². The third-order valence-corrected chi connectivity index (χ3v) is 6.68. The van der Waals surface area contributed by atoms with Crippen LogP contribution in [0.2, 0.25) is 0 Å². The lowest BCUT2D eigenvalue weighted by atomic mass is 9.86. The first-order valence-corrected chi connectivity index (χ1v) is 11.4. The molecule has 0 saturated heterocycles. The molecule has 2 aromatic rings. The zero-order chi connectivity index (χ0) is 23.7. The molecule has 0 radical (unpaired) electrons. The normalized spacial score (nSPS) is 20.3. The Morgan fingerprint density at radius 2 is 1.94 bits per heavy atom. The number of carbonyl (C=O) groups is 2. The average Bonchev–Trinajstić information content (AvgIpc) is 2.79. The summed E-state index contributed by atoms with van der Waals surface area (Å²) in [6, 6.07) is 4.11. The first-order chi connectivity index (χ1) is 15.8. The van der Waals surface area contributed by atoms with E-state index in [9.17, 15) is 14.0 Å². The molecule has 1 aromatic heterocycles. The van der Waals surface area contributed by atoms with Crippen LogP contribution < -0.4 is 25.8 Å². The van der Waals surface area contributed by atoms with Crippen molar-refractivity contribution in [1.29, 1.82) is 0 Å². The van der Waals surface area contributed by atoms with Crippen molar-refractivity contribution in [2.24, 2.45) is 5.92 Å². The highest BCUT2D eigenvalue weighted by Gasteiger charge is 2.31. The number of anilines is 4. The molecule has 4 rings (SSSR count). The minimum Gasteiger partial charge on any atom is -0.373 e. The monoisotopic (exact) mass is 454 g/mol. The van der Waals surface area contributed by atoms with Crippen molar-refractivity contribution in [3.8, 4) is 0 Å². The zero-order valence-electron chi connectivity index (χ0n) is 19.5. The molecule has 176 valence electrons. The van der Waals surface area contributed by atoms with E-state index in [0.717, 1.165) is 30.5 Å². The molecule has 1 aliphatic carbocycles. The van der Waals surface area contributed by atoms with Gasteiger partial charge in [-0.2, -0.15) is 0 Å². The van der Waals surface area contributed by atoms with Gasteiger partial charge in [0.15, 0.2) is 0 Å². The maximum Gasteiger partial charge on any atom is 0.329 e. The standard InChI is InChI=1S/C24H31FN6O2/c1-14-7-5-6-8-18(14)28-23(32)29-19-10-20(15(2)9-17(19)25)31-13-16-12-27-22(26-3)11-21(16)30(4)24(31)33/h9-12,14,18H,5-8,13H2,1-4H3,(H,26,27)(H2,28,29,32)/t14-,18-/m1/s1. The second kappa shape index (κ2) is 9.25. The number of urea groups is 2. The summed E-state index contributed by atoms with van der Waals surface area (Å²) in [5, 5.41) is 8.60. The number of amides is 4. The predicted molar refractivity (Wildman–Crippen MR) is 128 cm³/mol. The minimum absolute atomic E-state index is 0.0430. The molecule has 1 saturated carbocycles. The summed E-state index contributed by atoms with van der Waals surface area (Å²) in [6.07, 6.45) is 5.98. The molecule has 33 heavy (non-hydrogen) atoms. The van der Waals surface area contributed by atoms with Crippen molar-refractivity contribution in [1.82, 2.24) is 10.3 Å². The molecule has 9 heteroatoms. The number of halogens is 1. The quantitative estimate of drug-likeness (QED) is 0.616. The SMILES string of the molecule is CNc1cc2c(cn1)CN(c1cc(NC(=O)N[C@@H]3CCCC[C@H]3C)c(F)cc1C)C(=O)N2C. The summed E-state index contributed by atoms with van der Waals surface area (Å²) in [5.74, 6) is 0.521. The molecular formula is C24H31FN6O2. The van der Waals surface area contributed by atoms with Gasteiger partial charge in [0, 0.05) is 38.0 Å². The lowest BCUT2D eigenvalue weighted by molar-refractivity contribution is 0.232. The Bertz CT molecular complexity index is 1080. The highest BCUT2D eigenvalue weighted by Crippen LogP contribution is 2.35. The summed E-state index contributed by atoms with van der Waals surface area (Å²) in [4.78, 5) is 33.3. The second-order valence-corrected chi connectivity index (χ2v) is 8.96. The molecule has 4 amide bonds. The number of fused-ring (bicyclic) bond motifs is 1. The van der Waals surface area contributed by atoms with Gasteiger partial charge < -0.3 is 16.0 Å². The van der Waals surface area contributed by atoms with Gasteiger partial charge in [-0.1, -0.05) is 19.8 Å². The lowest BCUT2D eigenvalue weighted by Gasteiger charge is -2.36. The van der Waals surface area contributed by atoms with Crippen LogP contribution in [0.15, 0.2) is 24.4 Å². The minimum atomic E-state index is -0.540. The summed E-state index contributed by atoms with van der Waals surface area (Å²) in [5.41, 5.74) is 2.83. The van der Waals surface area contributed by atoms with E-state index in [4.69, 9.17) is 0 Å². The molecule has 1 aromatic carbocycles. The summed E-state index contributed by atoms with van der Waals surface area (Å²) in [7, 11) is 3.47. The predicted octanol–water partition coefficient (Wildman–Crippen LogP) is 4.85. The number of benzene rings is 1. The Hall–Kier alpha value is -3.36. The van der Waals surface area contributed by atoms with Crippen LogP contribution in [0.3, 0.4) is 0 Å². The van der Waals surface area contributed by atoms with Crippen LogP contribution >= 0.6 is 0 Å². The fraction of sp³-hybridized carbons (Fsp3) is 0.458. The van der Waals surface area contributed by atoms with Crippen molar-refractivity contribution in [3.05, 3.63) is 41.3 Å². The molecule has 0 bridgehead atoms. The Morgan fingerprint density at radius 3 is 2.67 bits per heavy atom. The van der Waals surface area contributed by atoms with Gasteiger partial charge in [0.2, 0.25) is 0 Å². The number of rotatable bonds is 4. The maximum absolute atomic E-state index is 14.7. The number of nitrogens with one attached hydrogen (secondary N) is 3. The van der Waals surface area contributed by atoms with Crippen molar-refractivity contribution in [3.63, 3.8) is 0 Å². The number of aromatic nitrogens is 1. The van der Waals surface area contributed by atoms with E-state index in [1.807, 2.05) is 6.07 Å². The third-order valence-electron chi connectivity index (χ3n) is 6.68. The summed E-state index contributed by atoms with van der Waals surface area (Å²) >= 11 is 0. The van der Waals surface area contributed by atoms with E-state index in [1.54, 1.807) is 37.0 Å². The van der Waals surface area contributed by atoms with Crippen molar-refractivity contribution in [2.45, 2.75) is 52.1 Å². The Labute approximate surface area is 193 Å². The molecule has 8 nitrogen and oxygen atoms in total. The van der Waals surface area contributed by atoms with Crippen molar-refractivity contribution in [2.75, 3.05) is 34.5 Å². The topological polar surface area (TPSA) is 89.6 Å². The lowest BCUT2D eigenvalue weighted by Crippen LogP contribution is -2.46. The molecule has 1 aliphatic heterocycles. The smallest absolute Gasteiger partial charge is 0.329 e. The van der Waals surface area contributed by atoms with Gasteiger partial charge in [0.25, 0.3) is 0 Å². The molecule has 0 unspecified atom stereocenters. The van der Waals surface area contributed by atoms with Gasteiger partial charge in [-0.3, -0.25) is 9.80 Å². The highest BCUT2D eigenvalue weighted by molar-refractivity contribution is 6.06. The molecule has 0 spiro atoms. The van der Waals surface area contributed by atoms with Crippen LogP contribution in [0, 0.1) is 18.7 Å². The van der Waals surface area contributed by atoms with E-state index in [1.165, 1.54) is 18.6 Å². The molecule has 1 fully saturated rings. The van der Waals surface area contributed by atoms with E-state index >= 15 is 0 Å². The first kappa shape index (κ1) is 22.8. The number of hydrogen-bond donors (Lipinski definition) is 3. The number of carbonyl (C=O) groups excluding carboxylic acids is 2. The third kappa shape index (κ3) is 4.58. The van der Waals surface area contributed by atoms with Crippen molar-refractivity contribution >= 4 is 34.9 Å². The maximum atomic E-state index is 14.7. The molecular weight excluding hydrogens is 423 g/mol. The molecule has 3 N–H and O–H groups in total. The Balaban J connectivity index is 1.57. The van der Waals surface area contributed by atoms with E-state index in [2.05, 4.69) is 27.9 Å². The van der Waals surface area contributed by atoms with E-state index in [0.29, 0.717) is 29.5 Å². The Morgan fingerprint density at radius 1 is 1.18 bits per heavy atom. The number of aryl methyl sites for hydroxylation is 1. The number of hydrogen-bond acceptors (Lipinski definition) is 4. The van der Waals surface area contributed by atoms with Crippen LogP contribution in [0.4, 0.5) is 36.9 Å². The highest BCUT2D eigenvalue weighted by atomic mass is 19.1. The van der Waals surface area contributed by atoms with Gasteiger partial charge in [-0.05, 0) is 43.4 Å². The zero-order valence-corrected chi connectivity index (χ0v) is 19.5. The van der Waals surface area contributed by atoms with Crippen LogP contribution in [0.5, 0.6) is 0 Å². The molecule has 2 heterocycles. The fourth-order valence-corrected chi connectivity index (χ4v) is 4.66. The van der Waals surface area contributed by atoms with Crippen molar-refractivity contribution < 1.29 is 14.0 Å². The number of nitrogens with zero attached hydrogens (tertiary/aromatic N) is 3. The van der Waals surface area contributed by atoms with Crippen LogP contribution in [-0.4, -0.2) is 37.2 Å².